The summed E-state index contributed by atoms with van der Waals surface area (Å²) >= 11 is 0. The van der Waals surface area contributed by atoms with Crippen LogP contribution in [0.15, 0.2) is 24.3 Å². The molecule has 1 aromatic carbocycles. The van der Waals surface area contributed by atoms with Crippen LogP contribution in [0.1, 0.15) is 24.4 Å². The summed E-state index contributed by atoms with van der Waals surface area (Å²) in [5, 5.41) is 0. The molecule has 2 N–H and O–H groups in total. The van der Waals surface area contributed by atoms with E-state index in [1.165, 1.54) is 32.5 Å². The van der Waals surface area contributed by atoms with Crippen LogP contribution >= 0.6 is 0 Å². The molecule has 0 bridgehead atoms. The highest BCUT2D eigenvalue weighted by atomic mass is 16.5. The molecule has 4 heteroatoms. The molecule has 21 heavy (non-hydrogen) atoms. The average molecular weight is 289 g/mol. The minimum atomic E-state index is 0.0649. The fraction of sp³-hybridized carbons (Fsp3) is 0.647. The number of rotatable bonds is 6. The SMILES string of the molecule is COc1cccc(C(N)CN2CCN(CC3CC3)CC2)c1. The van der Waals surface area contributed by atoms with Gasteiger partial charge in [-0.15, -0.1) is 0 Å². The number of methoxy groups -OCH3 is 1. The first-order valence-electron chi connectivity index (χ1n) is 8.09. The minimum Gasteiger partial charge on any atom is -0.497 e. The molecule has 0 spiro atoms. The minimum absolute atomic E-state index is 0.0649. The summed E-state index contributed by atoms with van der Waals surface area (Å²) in [6.07, 6.45) is 2.89. The van der Waals surface area contributed by atoms with Gasteiger partial charge in [0, 0.05) is 45.3 Å². The molecule has 4 nitrogen and oxygen atoms in total. The van der Waals surface area contributed by atoms with Crippen LogP contribution in [-0.4, -0.2) is 56.2 Å². The molecule has 3 rings (SSSR count). The van der Waals surface area contributed by atoms with E-state index in [9.17, 15) is 0 Å². The number of ether oxygens (including phenoxy) is 1. The van der Waals surface area contributed by atoms with E-state index in [4.69, 9.17) is 10.5 Å². The van der Waals surface area contributed by atoms with E-state index >= 15 is 0 Å². The van der Waals surface area contributed by atoms with Crippen molar-refractivity contribution in [1.82, 2.24) is 9.80 Å². The third-order valence-corrected chi connectivity index (χ3v) is 4.66. The lowest BCUT2D eigenvalue weighted by atomic mass is 10.1. The fourth-order valence-electron chi connectivity index (χ4n) is 3.08. The van der Waals surface area contributed by atoms with Gasteiger partial charge in [0.2, 0.25) is 0 Å². The second-order valence-electron chi connectivity index (χ2n) is 6.43. The largest absolute Gasteiger partial charge is 0.497 e. The highest BCUT2D eigenvalue weighted by molar-refractivity contribution is 5.30. The van der Waals surface area contributed by atoms with Gasteiger partial charge < -0.3 is 15.4 Å². The molecule has 1 aromatic rings. The fourth-order valence-corrected chi connectivity index (χ4v) is 3.08. The molecule has 1 saturated heterocycles. The summed E-state index contributed by atoms with van der Waals surface area (Å²) in [5.41, 5.74) is 7.53. The van der Waals surface area contributed by atoms with Crippen molar-refractivity contribution < 1.29 is 4.74 Å². The number of nitrogens with zero attached hydrogens (tertiary/aromatic N) is 2. The molecule has 116 valence electrons. The lowest BCUT2D eigenvalue weighted by Gasteiger charge is -2.36. The summed E-state index contributed by atoms with van der Waals surface area (Å²) in [6, 6.07) is 8.19. The zero-order chi connectivity index (χ0) is 14.7. The van der Waals surface area contributed by atoms with Crippen LogP contribution in [0.25, 0.3) is 0 Å². The van der Waals surface area contributed by atoms with Crippen molar-refractivity contribution in [3.05, 3.63) is 29.8 Å². The van der Waals surface area contributed by atoms with Gasteiger partial charge in [-0.25, -0.2) is 0 Å². The normalized spacial score (nSPS) is 22.2. The van der Waals surface area contributed by atoms with E-state index in [1.807, 2.05) is 18.2 Å². The van der Waals surface area contributed by atoms with Crippen molar-refractivity contribution in [3.8, 4) is 5.75 Å². The van der Waals surface area contributed by atoms with Gasteiger partial charge in [-0.05, 0) is 36.5 Å². The number of nitrogens with two attached hydrogens (primary N) is 1. The summed E-state index contributed by atoms with van der Waals surface area (Å²) in [7, 11) is 1.70. The van der Waals surface area contributed by atoms with Crippen molar-refractivity contribution in [2.45, 2.75) is 18.9 Å². The molecule has 0 aromatic heterocycles. The van der Waals surface area contributed by atoms with E-state index in [1.54, 1.807) is 7.11 Å². The van der Waals surface area contributed by atoms with Crippen LogP contribution in [-0.2, 0) is 0 Å². The van der Waals surface area contributed by atoms with Crippen molar-refractivity contribution >= 4 is 0 Å². The van der Waals surface area contributed by atoms with E-state index in [2.05, 4.69) is 15.9 Å². The molecule has 1 unspecified atom stereocenters. The maximum atomic E-state index is 6.36. The standard InChI is InChI=1S/C17H27N3O/c1-21-16-4-2-3-15(11-16)17(18)13-20-9-7-19(8-10-20)12-14-5-6-14/h2-4,11,14,17H,5-10,12-13,18H2,1H3. The predicted octanol–water partition coefficient (Wildman–Crippen LogP) is 1.72. The van der Waals surface area contributed by atoms with Crippen LogP contribution in [0.3, 0.4) is 0 Å². The van der Waals surface area contributed by atoms with Gasteiger partial charge in [-0.3, -0.25) is 4.90 Å². The summed E-state index contributed by atoms with van der Waals surface area (Å²) in [6.45, 7) is 6.93. The van der Waals surface area contributed by atoms with Gasteiger partial charge in [0.1, 0.15) is 5.75 Å². The Morgan fingerprint density at radius 3 is 2.57 bits per heavy atom. The van der Waals surface area contributed by atoms with Gasteiger partial charge in [-0.1, -0.05) is 12.1 Å². The quantitative estimate of drug-likeness (QED) is 0.866. The molecule has 1 aliphatic carbocycles. The summed E-state index contributed by atoms with van der Waals surface area (Å²) in [4.78, 5) is 5.11. The number of benzene rings is 1. The highest BCUT2D eigenvalue weighted by Crippen LogP contribution is 2.30. The van der Waals surface area contributed by atoms with Crippen LogP contribution in [0.5, 0.6) is 5.75 Å². The van der Waals surface area contributed by atoms with Gasteiger partial charge in [0.05, 0.1) is 7.11 Å². The molecule has 1 aliphatic heterocycles. The summed E-state index contributed by atoms with van der Waals surface area (Å²) in [5.74, 6) is 1.88. The lowest BCUT2D eigenvalue weighted by Crippen LogP contribution is -2.48. The topological polar surface area (TPSA) is 41.7 Å². The van der Waals surface area contributed by atoms with Crippen molar-refractivity contribution in [2.75, 3.05) is 46.4 Å². The Balaban J connectivity index is 1.47. The van der Waals surface area contributed by atoms with Crippen LogP contribution < -0.4 is 10.5 Å². The second kappa shape index (κ2) is 6.77. The van der Waals surface area contributed by atoms with Gasteiger partial charge in [-0.2, -0.15) is 0 Å². The average Bonchev–Trinajstić information content (AvgIpc) is 3.33. The third-order valence-electron chi connectivity index (χ3n) is 4.66. The van der Waals surface area contributed by atoms with Crippen LogP contribution in [0.4, 0.5) is 0 Å². The highest BCUT2D eigenvalue weighted by Gasteiger charge is 2.26. The Morgan fingerprint density at radius 1 is 1.19 bits per heavy atom. The Bertz CT molecular complexity index is 453. The monoisotopic (exact) mass is 289 g/mol. The third kappa shape index (κ3) is 4.19. The number of hydrogen-bond acceptors (Lipinski definition) is 4. The molecule has 2 fully saturated rings. The maximum absolute atomic E-state index is 6.36. The zero-order valence-corrected chi connectivity index (χ0v) is 13.0. The lowest BCUT2D eigenvalue weighted by molar-refractivity contribution is 0.123. The molecule has 1 atom stereocenters. The number of hydrogen-bond donors (Lipinski definition) is 1. The van der Waals surface area contributed by atoms with Crippen molar-refractivity contribution in [1.29, 1.82) is 0 Å². The van der Waals surface area contributed by atoms with E-state index < -0.39 is 0 Å². The van der Waals surface area contributed by atoms with Gasteiger partial charge in [0.25, 0.3) is 0 Å². The van der Waals surface area contributed by atoms with Crippen molar-refractivity contribution in [2.24, 2.45) is 11.7 Å². The molecule has 1 saturated carbocycles. The Hall–Kier alpha value is -1.10. The molecular formula is C17H27N3O. The Kier molecular flexibility index (Phi) is 4.78. The predicted molar refractivity (Wildman–Crippen MR) is 85.5 cm³/mol. The van der Waals surface area contributed by atoms with Gasteiger partial charge in [0.15, 0.2) is 0 Å². The zero-order valence-electron chi connectivity index (χ0n) is 13.0. The molecule has 0 amide bonds. The first-order valence-corrected chi connectivity index (χ1v) is 8.09. The maximum Gasteiger partial charge on any atom is 0.119 e. The Labute approximate surface area is 127 Å². The first-order chi connectivity index (χ1) is 10.2. The van der Waals surface area contributed by atoms with Crippen LogP contribution in [0, 0.1) is 5.92 Å². The van der Waals surface area contributed by atoms with Crippen LogP contribution in [0.2, 0.25) is 0 Å². The van der Waals surface area contributed by atoms with E-state index in [0.717, 1.165) is 36.9 Å². The van der Waals surface area contributed by atoms with Crippen molar-refractivity contribution in [3.63, 3.8) is 0 Å². The Morgan fingerprint density at radius 2 is 1.90 bits per heavy atom. The van der Waals surface area contributed by atoms with E-state index in [0.29, 0.717) is 0 Å². The second-order valence-corrected chi connectivity index (χ2v) is 6.43. The number of piperazine rings is 1. The summed E-state index contributed by atoms with van der Waals surface area (Å²) < 4.78 is 5.28. The first kappa shape index (κ1) is 14.8. The molecule has 2 aliphatic rings. The molecule has 1 heterocycles. The van der Waals surface area contributed by atoms with E-state index in [-0.39, 0.29) is 6.04 Å². The smallest absolute Gasteiger partial charge is 0.119 e. The van der Waals surface area contributed by atoms with Gasteiger partial charge >= 0.3 is 0 Å². The molecule has 0 radical (unpaired) electrons. The molecular weight excluding hydrogens is 262 g/mol.